The number of sulfonamides is 1. The van der Waals surface area contributed by atoms with Gasteiger partial charge < -0.3 is 5.32 Å². The third-order valence-electron chi connectivity index (χ3n) is 3.27. The van der Waals surface area contributed by atoms with Gasteiger partial charge in [-0.25, -0.2) is 8.42 Å². The topological polar surface area (TPSA) is 49.4 Å². The number of hydrogen-bond acceptors (Lipinski definition) is 3. The van der Waals surface area contributed by atoms with Crippen LogP contribution in [0, 0.1) is 0 Å². The summed E-state index contributed by atoms with van der Waals surface area (Å²) >= 11 is 0. The zero-order valence-electron chi connectivity index (χ0n) is 10.2. The molecule has 4 nitrogen and oxygen atoms in total. The summed E-state index contributed by atoms with van der Waals surface area (Å²) in [5.74, 6) is 0.412. The number of nitrogens with zero attached hydrogens (tertiary/aromatic N) is 1. The summed E-state index contributed by atoms with van der Waals surface area (Å²) in [4.78, 5) is 0. The van der Waals surface area contributed by atoms with Gasteiger partial charge in [-0.2, -0.15) is 0 Å². The van der Waals surface area contributed by atoms with Crippen LogP contribution in [-0.4, -0.2) is 34.8 Å². The van der Waals surface area contributed by atoms with Gasteiger partial charge in [0.25, 0.3) is 0 Å². The maximum Gasteiger partial charge on any atom is 0.232 e. The highest BCUT2D eigenvalue weighted by Crippen LogP contribution is 2.31. The molecule has 5 heteroatoms. The average Bonchev–Trinajstić information content (AvgIpc) is 2.80. The highest BCUT2D eigenvalue weighted by atomic mass is 32.2. The van der Waals surface area contributed by atoms with Crippen molar-refractivity contribution in [2.75, 3.05) is 30.7 Å². The third-order valence-corrected chi connectivity index (χ3v) is 4.47. The number of rotatable bonds is 3. The minimum absolute atomic E-state index is 0.412. The zero-order chi connectivity index (χ0) is 12.5. The molecule has 0 radical (unpaired) electrons. The fourth-order valence-electron chi connectivity index (χ4n) is 2.22. The van der Waals surface area contributed by atoms with Gasteiger partial charge in [0.2, 0.25) is 10.0 Å². The van der Waals surface area contributed by atoms with E-state index in [2.05, 4.69) is 5.32 Å². The lowest BCUT2D eigenvalue weighted by Crippen LogP contribution is -2.26. The first kappa shape index (κ1) is 12.4. The van der Waals surface area contributed by atoms with Gasteiger partial charge >= 0.3 is 0 Å². The van der Waals surface area contributed by atoms with Crippen LogP contribution in [0.15, 0.2) is 24.3 Å². The van der Waals surface area contributed by atoms with Gasteiger partial charge in [-0.3, -0.25) is 4.31 Å². The van der Waals surface area contributed by atoms with Gasteiger partial charge in [0.1, 0.15) is 0 Å². The maximum atomic E-state index is 11.6. The van der Waals surface area contributed by atoms with Crippen LogP contribution in [0.1, 0.15) is 17.9 Å². The van der Waals surface area contributed by atoms with Gasteiger partial charge in [0.15, 0.2) is 0 Å². The summed E-state index contributed by atoms with van der Waals surface area (Å²) in [5, 5.41) is 3.31. The third kappa shape index (κ3) is 2.61. The van der Waals surface area contributed by atoms with E-state index in [0.717, 1.165) is 30.8 Å². The van der Waals surface area contributed by atoms with Crippen LogP contribution < -0.4 is 9.62 Å². The van der Waals surface area contributed by atoms with Crippen LogP contribution in [0.5, 0.6) is 0 Å². The Morgan fingerprint density at radius 2 is 2.06 bits per heavy atom. The molecule has 1 aromatic carbocycles. The molecule has 1 heterocycles. The van der Waals surface area contributed by atoms with Gasteiger partial charge in [0, 0.05) is 13.6 Å². The molecule has 1 unspecified atom stereocenters. The Balaban J connectivity index is 2.40. The number of para-hydroxylation sites is 1. The van der Waals surface area contributed by atoms with E-state index in [1.54, 1.807) is 7.05 Å². The Labute approximate surface area is 103 Å². The molecule has 1 aliphatic heterocycles. The highest BCUT2D eigenvalue weighted by Gasteiger charge is 2.23. The summed E-state index contributed by atoms with van der Waals surface area (Å²) < 4.78 is 24.6. The number of benzene rings is 1. The molecule has 0 spiro atoms. The summed E-state index contributed by atoms with van der Waals surface area (Å²) in [5.41, 5.74) is 1.91. The number of anilines is 1. The summed E-state index contributed by atoms with van der Waals surface area (Å²) in [6, 6.07) is 7.74. The number of hydrogen-bond donors (Lipinski definition) is 1. The second kappa shape index (κ2) is 4.66. The summed E-state index contributed by atoms with van der Waals surface area (Å²) in [6.45, 7) is 1.93. The molecule has 17 heavy (non-hydrogen) atoms. The van der Waals surface area contributed by atoms with Crippen molar-refractivity contribution in [1.82, 2.24) is 5.32 Å². The Morgan fingerprint density at radius 3 is 2.65 bits per heavy atom. The predicted molar refractivity (Wildman–Crippen MR) is 69.9 cm³/mol. The van der Waals surface area contributed by atoms with E-state index in [9.17, 15) is 8.42 Å². The van der Waals surface area contributed by atoms with E-state index in [4.69, 9.17) is 0 Å². The van der Waals surface area contributed by atoms with Crippen LogP contribution in [0.2, 0.25) is 0 Å². The van der Waals surface area contributed by atoms with Crippen LogP contribution in [0.25, 0.3) is 0 Å². The molecule has 0 amide bonds. The SMILES string of the molecule is CN(c1ccccc1C1CCNC1)S(C)(=O)=O. The van der Waals surface area contributed by atoms with E-state index in [1.807, 2.05) is 24.3 Å². The molecule has 0 aromatic heterocycles. The second-order valence-electron chi connectivity index (χ2n) is 4.48. The summed E-state index contributed by atoms with van der Waals surface area (Å²) in [7, 11) is -1.59. The Hall–Kier alpha value is -1.07. The van der Waals surface area contributed by atoms with Crippen LogP contribution in [0.4, 0.5) is 5.69 Å². The molecule has 0 saturated carbocycles. The second-order valence-corrected chi connectivity index (χ2v) is 6.49. The fourth-order valence-corrected chi connectivity index (χ4v) is 2.74. The standard InChI is InChI=1S/C12H18N2O2S/c1-14(17(2,15)16)12-6-4-3-5-11(12)10-7-8-13-9-10/h3-6,10,13H,7-9H2,1-2H3. The lowest BCUT2D eigenvalue weighted by Gasteiger charge is -2.22. The fraction of sp³-hybridized carbons (Fsp3) is 0.500. The smallest absolute Gasteiger partial charge is 0.232 e. The van der Waals surface area contributed by atoms with Gasteiger partial charge in [0.05, 0.1) is 11.9 Å². The Bertz CT molecular complexity index is 493. The minimum Gasteiger partial charge on any atom is -0.316 e. The van der Waals surface area contributed by atoms with Crippen LogP contribution in [0.3, 0.4) is 0 Å². The molecular formula is C12H18N2O2S. The largest absolute Gasteiger partial charge is 0.316 e. The van der Waals surface area contributed by atoms with Crippen molar-refractivity contribution in [3.8, 4) is 0 Å². The van der Waals surface area contributed by atoms with E-state index in [0.29, 0.717) is 5.92 Å². The average molecular weight is 254 g/mol. The van der Waals surface area contributed by atoms with Gasteiger partial charge in [-0.15, -0.1) is 0 Å². The quantitative estimate of drug-likeness (QED) is 0.880. The molecule has 0 aliphatic carbocycles. The van der Waals surface area contributed by atoms with Crippen LogP contribution >= 0.6 is 0 Å². The van der Waals surface area contributed by atoms with Gasteiger partial charge in [-0.05, 0) is 30.5 Å². The van der Waals surface area contributed by atoms with Crippen LogP contribution in [-0.2, 0) is 10.0 Å². The first-order chi connectivity index (χ1) is 8.00. The van der Waals surface area contributed by atoms with Crippen molar-refractivity contribution >= 4 is 15.7 Å². The van der Waals surface area contributed by atoms with Crippen molar-refractivity contribution in [3.63, 3.8) is 0 Å². The van der Waals surface area contributed by atoms with E-state index >= 15 is 0 Å². The maximum absolute atomic E-state index is 11.6. The molecule has 0 bridgehead atoms. The molecule has 94 valence electrons. The minimum atomic E-state index is -3.20. The van der Waals surface area contributed by atoms with Crippen molar-refractivity contribution in [2.24, 2.45) is 0 Å². The molecule has 1 saturated heterocycles. The van der Waals surface area contributed by atoms with Gasteiger partial charge in [-0.1, -0.05) is 18.2 Å². The van der Waals surface area contributed by atoms with E-state index < -0.39 is 10.0 Å². The first-order valence-electron chi connectivity index (χ1n) is 5.73. The monoisotopic (exact) mass is 254 g/mol. The molecular weight excluding hydrogens is 236 g/mol. The molecule has 1 aliphatic rings. The molecule has 1 fully saturated rings. The van der Waals surface area contributed by atoms with Crippen molar-refractivity contribution in [2.45, 2.75) is 12.3 Å². The predicted octanol–water partition coefficient (Wildman–Crippen LogP) is 1.16. The molecule has 2 rings (SSSR count). The van der Waals surface area contributed by atoms with E-state index in [-0.39, 0.29) is 0 Å². The molecule has 1 atom stereocenters. The van der Waals surface area contributed by atoms with E-state index in [1.165, 1.54) is 10.6 Å². The Morgan fingerprint density at radius 1 is 1.35 bits per heavy atom. The Kier molecular flexibility index (Phi) is 3.40. The zero-order valence-corrected chi connectivity index (χ0v) is 11.0. The molecule has 1 aromatic rings. The number of nitrogens with one attached hydrogen (secondary N) is 1. The molecule has 1 N–H and O–H groups in total. The summed E-state index contributed by atoms with van der Waals surface area (Å²) in [6.07, 6.45) is 2.30. The van der Waals surface area contributed by atoms with Crippen molar-refractivity contribution in [1.29, 1.82) is 0 Å². The lowest BCUT2D eigenvalue weighted by molar-refractivity contribution is 0.600. The lowest BCUT2D eigenvalue weighted by atomic mass is 9.97. The van der Waals surface area contributed by atoms with Crippen molar-refractivity contribution < 1.29 is 8.42 Å². The highest BCUT2D eigenvalue weighted by molar-refractivity contribution is 7.92. The first-order valence-corrected chi connectivity index (χ1v) is 7.58. The normalized spacial score (nSPS) is 20.5. The van der Waals surface area contributed by atoms with Crippen molar-refractivity contribution in [3.05, 3.63) is 29.8 Å².